The third-order valence-corrected chi connectivity index (χ3v) is 2.77. The first-order valence-electron chi connectivity index (χ1n) is 4.99. The summed E-state index contributed by atoms with van der Waals surface area (Å²) in [6.45, 7) is 2.24. The van der Waals surface area contributed by atoms with Gasteiger partial charge >= 0.3 is 5.97 Å². The van der Waals surface area contributed by atoms with Crippen molar-refractivity contribution in [1.29, 1.82) is 0 Å². The van der Waals surface area contributed by atoms with Crippen LogP contribution in [-0.2, 0) is 4.79 Å². The molecule has 0 aromatic heterocycles. The molecule has 4 nitrogen and oxygen atoms in total. The maximum absolute atomic E-state index is 10.6. The smallest absolute Gasteiger partial charge is 0.354 e. The molecule has 2 aliphatic heterocycles. The second-order valence-corrected chi connectivity index (χ2v) is 3.72. The zero-order chi connectivity index (χ0) is 9.97. The summed E-state index contributed by atoms with van der Waals surface area (Å²) in [5.74, 6) is -0.930. The molecule has 0 aliphatic carbocycles. The Morgan fingerprint density at radius 1 is 1.50 bits per heavy atom. The van der Waals surface area contributed by atoms with E-state index in [9.17, 15) is 4.79 Å². The van der Waals surface area contributed by atoms with Crippen LogP contribution < -0.4 is 0 Å². The number of carboxylic acid groups (broad SMARTS) is 1. The van der Waals surface area contributed by atoms with Crippen LogP contribution in [0, 0.1) is 0 Å². The highest BCUT2D eigenvalue weighted by Gasteiger charge is 2.22. The van der Waals surface area contributed by atoms with E-state index in [0.29, 0.717) is 6.04 Å². The van der Waals surface area contributed by atoms with Gasteiger partial charge in [0.25, 0.3) is 0 Å². The van der Waals surface area contributed by atoms with E-state index in [0.717, 1.165) is 19.5 Å². The summed E-state index contributed by atoms with van der Waals surface area (Å²) in [6.07, 6.45) is 6.77. The van der Waals surface area contributed by atoms with E-state index in [1.165, 1.54) is 12.8 Å². The first-order valence-corrected chi connectivity index (χ1v) is 4.99. The average molecular weight is 194 g/mol. The van der Waals surface area contributed by atoms with Crippen molar-refractivity contribution in [2.45, 2.75) is 25.3 Å². The summed E-state index contributed by atoms with van der Waals surface area (Å²) in [5.41, 5.74) is 0.181. The molecule has 2 rings (SSSR count). The molecular formula is C10H14N2O2. The van der Waals surface area contributed by atoms with Crippen LogP contribution in [0.2, 0.25) is 0 Å². The number of aliphatic imine (C=N–C) groups is 1. The number of carboxylic acids is 1. The highest BCUT2D eigenvalue weighted by atomic mass is 16.4. The minimum atomic E-state index is -0.930. The van der Waals surface area contributed by atoms with Gasteiger partial charge in [-0.25, -0.2) is 4.79 Å². The molecule has 76 valence electrons. The van der Waals surface area contributed by atoms with Crippen LogP contribution in [-0.4, -0.2) is 41.3 Å². The van der Waals surface area contributed by atoms with Crippen molar-refractivity contribution in [3.05, 3.63) is 11.8 Å². The monoisotopic (exact) mass is 194 g/mol. The molecule has 0 bridgehead atoms. The molecule has 1 atom stereocenters. The van der Waals surface area contributed by atoms with Crippen LogP contribution in [0.3, 0.4) is 0 Å². The SMILES string of the molecule is O=C(O)C1=CCC(N2CCCC2)C=N1. The molecule has 0 radical (unpaired) electrons. The van der Waals surface area contributed by atoms with Gasteiger partial charge in [-0.3, -0.25) is 9.89 Å². The number of aliphatic carboxylic acids is 1. The molecule has 2 aliphatic rings. The Labute approximate surface area is 82.9 Å². The highest BCUT2D eigenvalue weighted by molar-refractivity contribution is 5.89. The lowest BCUT2D eigenvalue weighted by molar-refractivity contribution is -0.132. The Bertz CT molecular complexity index is 290. The number of hydrogen-bond donors (Lipinski definition) is 1. The number of carbonyl (C=O) groups is 1. The van der Waals surface area contributed by atoms with Crippen molar-refractivity contribution in [3.63, 3.8) is 0 Å². The van der Waals surface area contributed by atoms with Gasteiger partial charge in [-0.05, 0) is 38.4 Å². The van der Waals surface area contributed by atoms with Gasteiger partial charge in [0, 0.05) is 12.3 Å². The lowest BCUT2D eigenvalue weighted by atomic mass is 10.1. The van der Waals surface area contributed by atoms with Gasteiger partial charge < -0.3 is 5.11 Å². The molecule has 0 saturated carbocycles. The van der Waals surface area contributed by atoms with E-state index in [4.69, 9.17) is 5.11 Å². The van der Waals surface area contributed by atoms with E-state index >= 15 is 0 Å². The first kappa shape index (κ1) is 9.40. The molecule has 4 heteroatoms. The van der Waals surface area contributed by atoms with Crippen LogP contribution in [0.4, 0.5) is 0 Å². The molecule has 0 aromatic carbocycles. The molecule has 1 N–H and O–H groups in total. The fourth-order valence-corrected chi connectivity index (χ4v) is 1.97. The van der Waals surface area contributed by atoms with Crippen molar-refractivity contribution in [2.75, 3.05) is 13.1 Å². The fourth-order valence-electron chi connectivity index (χ4n) is 1.97. The van der Waals surface area contributed by atoms with Gasteiger partial charge in [0.15, 0.2) is 0 Å². The summed E-state index contributed by atoms with van der Waals surface area (Å²) in [6, 6.07) is 0.320. The van der Waals surface area contributed by atoms with Crippen molar-refractivity contribution >= 4 is 12.2 Å². The Hall–Kier alpha value is -1.16. The van der Waals surface area contributed by atoms with Crippen LogP contribution in [0.5, 0.6) is 0 Å². The summed E-state index contributed by atoms with van der Waals surface area (Å²) < 4.78 is 0. The molecule has 0 spiro atoms. The molecule has 0 amide bonds. The van der Waals surface area contributed by atoms with E-state index in [1.54, 1.807) is 12.3 Å². The lowest BCUT2D eigenvalue weighted by Crippen LogP contribution is -2.34. The summed E-state index contributed by atoms with van der Waals surface area (Å²) in [4.78, 5) is 16.9. The standard InChI is InChI=1S/C10H14N2O2/c13-10(14)9-4-3-8(7-11-9)12-5-1-2-6-12/h4,7-8H,1-3,5-6H2,(H,13,14). The average Bonchev–Trinajstić information content (AvgIpc) is 2.71. The number of likely N-dealkylation sites (tertiary alicyclic amines) is 1. The minimum absolute atomic E-state index is 0.181. The number of nitrogens with zero attached hydrogens (tertiary/aromatic N) is 2. The topological polar surface area (TPSA) is 52.9 Å². The first-order chi connectivity index (χ1) is 6.77. The van der Waals surface area contributed by atoms with Gasteiger partial charge in [0.1, 0.15) is 5.70 Å². The largest absolute Gasteiger partial charge is 0.477 e. The van der Waals surface area contributed by atoms with Gasteiger partial charge in [0.05, 0.1) is 0 Å². The predicted octanol–water partition coefficient (Wildman–Crippen LogP) is 0.894. The fraction of sp³-hybridized carbons (Fsp3) is 0.600. The van der Waals surface area contributed by atoms with E-state index in [2.05, 4.69) is 9.89 Å². The van der Waals surface area contributed by atoms with Crippen LogP contribution in [0.25, 0.3) is 0 Å². The Morgan fingerprint density at radius 3 is 2.71 bits per heavy atom. The summed E-state index contributed by atoms with van der Waals surface area (Å²) in [5, 5.41) is 8.69. The second-order valence-electron chi connectivity index (χ2n) is 3.72. The van der Waals surface area contributed by atoms with Crippen LogP contribution in [0.1, 0.15) is 19.3 Å². The maximum atomic E-state index is 10.6. The molecule has 1 unspecified atom stereocenters. The highest BCUT2D eigenvalue weighted by Crippen LogP contribution is 2.17. The third-order valence-electron chi connectivity index (χ3n) is 2.77. The summed E-state index contributed by atoms with van der Waals surface area (Å²) in [7, 11) is 0. The third kappa shape index (κ3) is 1.85. The molecule has 14 heavy (non-hydrogen) atoms. The number of rotatable bonds is 2. The van der Waals surface area contributed by atoms with Crippen molar-refractivity contribution < 1.29 is 9.90 Å². The Kier molecular flexibility index (Phi) is 2.63. The quantitative estimate of drug-likeness (QED) is 0.710. The molecule has 2 heterocycles. The van der Waals surface area contributed by atoms with Crippen molar-refractivity contribution in [3.8, 4) is 0 Å². The Balaban J connectivity index is 1.96. The van der Waals surface area contributed by atoms with Gasteiger partial charge in [-0.15, -0.1) is 0 Å². The molecule has 1 fully saturated rings. The van der Waals surface area contributed by atoms with Crippen molar-refractivity contribution in [1.82, 2.24) is 4.90 Å². The minimum Gasteiger partial charge on any atom is -0.477 e. The normalized spacial score (nSPS) is 27.7. The van der Waals surface area contributed by atoms with Gasteiger partial charge in [-0.2, -0.15) is 0 Å². The van der Waals surface area contributed by atoms with Crippen LogP contribution >= 0.6 is 0 Å². The molecule has 1 saturated heterocycles. The lowest BCUT2D eigenvalue weighted by Gasteiger charge is -2.24. The second kappa shape index (κ2) is 3.92. The predicted molar refractivity (Wildman–Crippen MR) is 53.4 cm³/mol. The van der Waals surface area contributed by atoms with E-state index < -0.39 is 5.97 Å². The molecular weight excluding hydrogens is 180 g/mol. The zero-order valence-electron chi connectivity index (χ0n) is 8.02. The van der Waals surface area contributed by atoms with E-state index in [-0.39, 0.29) is 5.70 Å². The van der Waals surface area contributed by atoms with Gasteiger partial charge in [-0.1, -0.05) is 0 Å². The van der Waals surface area contributed by atoms with Crippen molar-refractivity contribution in [2.24, 2.45) is 4.99 Å². The summed E-state index contributed by atoms with van der Waals surface area (Å²) >= 11 is 0. The van der Waals surface area contributed by atoms with Crippen LogP contribution in [0.15, 0.2) is 16.8 Å². The Morgan fingerprint density at radius 2 is 2.21 bits per heavy atom. The van der Waals surface area contributed by atoms with Gasteiger partial charge in [0.2, 0.25) is 0 Å². The maximum Gasteiger partial charge on any atom is 0.354 e. The van der Waals surface area contributed by atoms with E-state index in [1.807, 2.05) is 0 Å². The molecule has 0 aromatic rings. The zero-order valence-corrected chi connectivity index (χ0v) is 8.02. The number of hydrogen-bond acceptors (Lipinski definition) is 3.